The summed E-state index contributed by atoms with van der Waals surface area (Å²) in [6.07, 6.45) is 2.44. The van der Waals surface area contributed by atoms with Crippen LogP contribution in [-0.2, 0) is 14.4 Å². The van der Waals surface area contributed by atoms with Crippen molar-refractivity contribution in [1.82, 2.24) is 15.0 Å². The number of carbonyl (C=O) groups is 3. The molecule has 0 spiro atoms. The molecule has 0 radical (unpaired) electrons. The summed E-state index contributed by atoms with van der Waals surface area (Å²) in [6.45, 7) is 5.52. The molecule has 3 N–H and O–H groups in total. The highest BCUT2D eigenvalue weighted by Gasteiger charge is 2.20. The first-order chi connectivity index (χ1) is 21.6. The summed E-state index contributed by atoms with van der Waals surface area (Å²) in [6, 6.07) is 12.5. The fourth-order valence-electron chi connectivity index (χ4n) is 4.19. The fraction of sp³-hybridized carbons (Fsp3) is 0.273. The molecule has 1 aromatic heterocycles. The number of hydrogen-bond acceptors (Lipinski definition) is 12. The van der Waals surface area contributed by atoms with E-state index < -0.39 is 17.9 Å². The van der Waals surface area contributed by atoms with Gasteiger partial charge in [0.25, 0.3) is 0 Å². The highest BCUT2D eigenvalue weighted by Crippen LogP contribution is 2.37. The van der Waals surface area contributed by atoms with Crippen molar-refractivity contribution in [1.29, 1.82) is 0 Å². The molecule has 0 unspecified atom stereocenters. The van der Waals surface area contributed by atoms with Gasteiger partial charge in [-0.3, -0.25) is 14.4 Å². The quantitative estimate of drug-likeness (QED) is 0.123. The smallest absolute Gasteiger partial charge is 0.311 e. The van der Waals surface area contributed by atoms with E-state index in [-0.39, 0.29) is 87.9 Å². The van der Waals surface area contributed by atoms with Crippen LogP contribution in [0, 0.1) is 0 Å². The second-order valence-electron chi connectivity index (χ2n) is 10.0. The van der Waals surface area contributed by atoms with Crippen LogP contribution in [0.25, 0.3) is 34.2 Å². The molecular formula is C33H33N3O9. The Balaban J connectivity index is 1.79. The van der Waals surface area contributed by atoms with Crippen molar-refractivity contribution in [3.05, 3.63) is 54.6 Å². The van der Waals surface area contributed by atoms with E-state index in [1.165, 1.54) is 54.6 Å². The van der Waals surface area contributed by atoms with Crippen LogP contribution in [0.1, 0.15) is 59.3 Å². The molecule has 0 aliphatic heterocycles. The molecule has 4 aromatic rings. The molecule has 12 heteroatoms. The zero-order valence-corrected chi connectivity index (χ0v) is 25.1. The van der Waals surface area contributed by atoms with Crippen LogP contribution in [-0.4, -0.2) is 48.2 Å². The van der Waals surface area contributed by atoms with Gasteiger partial charge in [0.1, 0.15) is 34.5 Å². The first kappa shape index (κ1) is 32.4. The molecule has 0 fully saturated rings. The molecule has 0 saturated carbocycles. The van der Waals surface area contributed by atoms with Crippen LogP contribution in [0.3, 0.4) is 0 Å². The molecule has 0 bridgehead atoms. The Morgan fingerprint density at radius 3 is 1.00 bits per heavy atom. The van der Waals surface area contributed by atoms with Crippen molar-refractivity contribution < 1.29 is 43.9 Å². The van der Waals surface area contributed by atoms with E-state index in [9.17, 15) is 29.7 Å². The lowest BCUT2D eigenvalue weighted by atomic mass is 10.1. The summed E-state index contributed by atoms with van der Waals surface area (Å²) in [7, 11) is 0. The van der Waals surface area contributed by atoms with Crippen LogP contribution in [0.15, 0.2) is 54.6 Å². The Hall–Kier alpha value is -5.52. The molecule has 234 valence electrons. The molecule has 4 rings (SSSR count). The zero-order valence-electron chi connectivity index (χ0n) is 25.1. The maximum atomic E-state index is 11.9. The van der Waals surface area contributed by atoms with E-state index >= 15 is 0 Å². The van der Waals surface area contributed by atoms with Crippen LogP contribution >= 0.6 is 0 Å². The molecule has 0 aliphatic rings. The minimum Gasteiger partial charge on any atom is -0.507 e. The van der Waals surface area contributed by atoms with Gasteiger partial charge in [0.05, 0.1) is 16.7 Å². The molecule has 1 heterocycles. The molecule has 12 nitrogen and oxygen atoms in total. The first-order valence-corrected chi connectivity index (χ1v) is 14.5. The second-order valence-corrected chi connectivity index (χ2v) is 10.0. The molecule has 3 aromatic carbocycles. The number of nitrogens with zero attached hydrogens (tertiary/aromatic N) is 3. The lowest BCUT2D eigenvalue weighted by Crippen LogP contribution is -2.07. The van der Waals surface area contributed by atoms with Crippen LogP contribution < -0.4 is 14.2 Å². The number of esters is 3. The van der Waals surface area contributed by atoms with Crippen LogP contribution in [0.4, 0.5) is 0 Å². The minimum absolute atomic E-state index is 0.0327. The van der Waals surface area contributed by atoms with Crippen LogP contribution in [0.5, 0.6) is 34.5 Å². The third kappa shape index (κ3) is 8.31. The summed E-state index contributed by atoms with van der Waals surface area (Å²) >= 11 is 0. The maximum absolute atomic E-state index is 11.9. The van der Waals surface area contributed by atoms with Gasteiger partial charge in [0.2, 0.25) is 0 Å². The van der Waals surface area contributed by atoms with Gasteiger partial charge in [-0.25, -0.2) is 15.0 Å². The SMILES string of the molecule is CCCC(=O)Oc1ccc(-c2nc(-c3ccc(OC(=O)CCC)cc3O)nc(-c3ccc(OC(=O)CCC)cc3O)n2)c(O)c1. The van der Waals surface area contributed by atoms with E-state index in [1.54, 1.807) is 0 Å². The van der Waals surface area contributed by atoms with Crippen molar-refractivity contribution in [3.63, 3.8) is 0 Å². The van der Waals surface area contributed by atoms with Crippen molar-refractivity contribution in [2.75, 3.05) is 0 Å². The Labute approximate surface area is 259 Å². The lowest BCUT2D eigenvalue weighted by Gasteiger charge is -2.13. The Morgan fingerprint density at radius 1 is 0.511 bits per heavy atom. The average Bonchev–Trinajstić information content (AvgIpc) is 2.97. The monoisotopic (exact) mass is 615 g/mol. The van der Waals surface area contributed by atoms with Gasteiger partial charge in [-0.1, -0.05) is 20.8 Å². The van der Waals surface area contributed by atoms with Gasteiger partial charge in [0.15, 0.2) is 17.5 Å². The normalized spacial score (nSPS) is 10.7. The van der Waals surface area contributed by atoms with Gasteiger partial charge in [-0.15, -0.1) is 0 Å². The number of phenols is 3. The summed E-state index contributed by atoms with van der Waals surface area (Å²) in [5.74, 6) is -1.98. The number of carbonyl (C=O) groups excluding carboxylic acids is 3. The molecule has 45 heavy (non-hydrogen) atoms. The highest BCUT2D eigenvalue weighted by atomic mass is 16.5. The third-order valence-corrected chi connectivity index (χ3v) is 6.32. The first-order valence-electron chi connectivity index (χ1n) is 14.5. The number of benzene rings is 3. The number of rotatable bonds is 12. The van der Waals surface area contributed by atoms with E-state index in [1.807, 2.05) is 20.8 Å². The maximum Gasteiger partial charge on any atom is 0.311 e. The lowest BCUT2D eigenvalue weighted by molar-refractivity contribution is -0.135. The molecule has 0 amide bonds. The second kappa shape index (κ2) is 14.8. The minimum atomic E-state index is -0.451. The Morgan fingerprint density at radius 2 is 0.778 bits per heavy atom. The Kier molecular flexibility index (Phi) is 10.6. The fourth-order valence-corrected chi connectivity index (χ4v) is 4.19. The van der Waals surface area contributed by atoms with Gasteiger partial charge in [-0.2, -0.15) is 0 Å². The summed E-state index contributed by atoms with van der Waals surface area (Å²) in [5, 5.41) is 32.6. The molecule has 0 atom stereocenters. The predicted molar refractivity (Wildman–Crippen MR) is 163 cm³/mol. The third-order valence-electron chi connectivity index (χ3n) is 6.32. The standard InChI is InChI=1S/C33H33N3O9/c1-4-7-28(40)43-19-10-13-22(25(37)16-19)31-34-32(23-14-11-20(17-26(23)38)44-29(41)8-5-2)36-33(35-31)24-15-12-21(18-27(24)39)45-30(42)9-6-3/h10-18,37-39H,4-9H2,1-3H3. The predicted octanol–water partition coefficient (Wildman–Crippen LogP) is 6.11. The molecular weight excluding hydrogens is 582 g/mol. The zero-order chi connectivity index (χ0) is 32.5. The van der Waals surface area contributed by atoms with E-state index in [0.717, 1.165) is 0 Å². The largest absolute Gasteiger partial charge is 0.507 e. The van der Waals surface area contributed by atoms with Crippen LogP contribution in [0.2, 0.25) is 0 Å². The van der Waals surface area contributed by atoms with Crippen molar-refractivity contribution in [2.45, 2.75) is 59.3 Å². The number of ether oxygens (including phenoxy) is 3. The van der Waals surface area contributed by atoms with E-state index in [0.29, 0.717) is 19.3 Å². The summed E-state index contributed by atoms with van der Waals surface area (Å²) in [5.41, 5.74) is 0.429. The Bertz CT molecular complexity index is 1510. The summed E-state index contributed by atoms with van der Waals surface area (Å²) < 4.78 is 15.8. The average molecular weight is 616 g/mol. The van der Waals surface area contributed by atoms with Crippen molar-refractivity contribution in [3.8, 4) is 68.7 Å². The van der Waals surface area contributed by atoms with Gasteiger partial charge in [-0.05, 0) is 55.7 Å². The number of hydrogen-bond donors (Lipinski definition) is 3. The number of aromatic hydroxyl groups is 3. The van der Waals surface area contributed by atoms with E-state index in [2.05, 4.69) is 15.0 Å². The summed E-state index contributed by atoms with van der Waals surface area (Å²) in [4.78, 5) is 49.2. The number of aromatic nitrogens is 3. The highest BCUT2D eigenvalue weighted by molar-refractivity contribution is 5.78. The van der Waals surface area contributed by atoms with E-state index in [4.69, 9.17) is 14.2 Å². The van der Waals surface area contributed by atoms with Crippen molar-refractivity contribution >= 4 is 17.9 Å². The van der Waals surface area contributed by atoms with Gasteiger partial charge in [0, 0.05) is 37.5 Å². The topological polar surface area (TPSA) is 178 Å². The van der Waals surface area contributed by atoms with Gasteiger partial charge >= 0.3 is 17.9 Å². The van der Waals surface area contributed by atoms with Gasteiger partial charge < -0.3 is 29.5 Å². The molecule has 0 saturated heterocycles. The number of phenolic OH excluding ortho intramolecular Hbond substituents is 3. The molecule has 0 aliphatic carbocycles. The van der Waals surface area contributed by atoms with Crippen molar-refractivity contribution in [2.24, 2.45) is 0 Å².